The fourth-order valence-electron chi connectivity index (χ4n) is 1.90. The molecule has 0 aromatic heterocycles. The number of carbonyl (C=O) groups excluding carboxylic acids is 2. The smallest absolute Gasteiger partial charge is 0.318 e. The van der Waals surface area contributed by atoms with E-state index in [2.05, 4.69) is 4.90 Å². The second-order valence-corrected chi connectivity index (χ2v) is 3.73. The lowest BCUT2D eigenvalue weighted by Gasteiger charge is -2.22. The SMILES string of the molecule is Cl.NCC1CCCN1CCC(=O)NC(N)=O. The van der Waals surface area contributed by atoms with Crippen molar-refractivity contribution in [2.75, 3.05) is 19.6 Å². The Morgan fingerprint density at radius 1 is 1.44 bits per heavy atom. The predicted octanol–water partition coefficient (Wildman–Crippen LogP) is -0.584. The highest BCUT2D eigenvalue weighted by molar-refractivity contribution is 5.93. The standard InChI is InChI=1S/C9H18N4O2.ClH/c10-6-7-2-1-4-13(7)5-3-8(14)12-9(11)15;/h7H,1-6,10H2,(H3,11,12,14,15);1H. The number of nitrogens with two attached hydrogens (primary N) is 2. The Kier molecular flexibility index (Phi) is 7.03. The van der Waals surface area contributed by atoms with Gasteiger partial charge in [0.15, 0.2) is 0 Å². The molecule has 1 atom stereocenters. The average molecular weight is 251 g/mol. The van der Waals surface area contributed by atoms with Gasteiger partial charge < -0.3 is 11.5 Å². The van der Waals surface area contributed by atoms with Crippen LogP contribution in [0.25, 0.3) is 0 Å². The summed E-state index contributed by atoms with van der Waals surface area (Å²) in [4.78, 5) is 23.7. The number of amides is 3. The van der Waals surface area contributed by atoms with E-state index in [-0.39, 0.29) is 18.3 Å². The largest absolute Gasteiger partial charge is 0.351 e. The minimum Gasteiger partial charge on any atom is -0.351 e. The number of hydrogen-bond acceptors (Lipinski definition) is 4. The van der Waals surface area contributed by atoms with Gasteiger partial charge in [0.05, 0.1) is 0 Å². The van der Waals surface area contributed by atoms with E-state index in [1.165, 1.54) is 0 Å². The van der Waals surface area contributed by atoms with Crippen LogP contribution in [0.5, 0.6) is 0 Å². The van der Waals surface area contributed by atoms with Crippen LogP contribution in [0, 0.1) is 0 Å². The van der Waals surface area contributed by atoms with Crippen molar-refractivity contribution in [3.63, 3.8) is 0 Å². The summed E-state index contributed by atoms with van der Waals surface area (Å²) in [5.41, 5.74) is 10.4. The Morgan fingerprint density at radius 3 is 2.69 bits per heavy atom. The van der Waals surface area contributed by atoms with Crippen LogP contribution < -0.4 is 16.8 Å². The first-order valence-corrected chi connectivity index (χ1v) is 5.17. The minimum absolute atomic E-state index is 0. The van der Waals surface area contributed by atoms with Gasteiger partial charge in [0.2, 0.25) is 5.91 Å². The van der Waals surface area contributed by atoms with Gasteiger partial charge in [-0.3, -0.25) is 15.0 Å². The van der Waals surface area contributed by atoms with Crippen molar-refractivity contribution in [2.24, 2.45) is 11.5 Å². The highest BCUT2D eigenvalue weighted by Crippen LogP contribution is 2.15. The van der Waals surface area contributed by atoms with Gasteiger partial charge in [0.1, 0.15) is 0 Å². The number of carbonyl (C=O) groups is 2. The maximum atomic E-state index is 11.1. The molecule has 1 rings (SSSR count). The molecule has 0 bridgehead atoms. The molecule has 1 fully saturated rings. The number of hydrogen-bond donors (Lipinski definition) is 3. The fourth-order valence-corrected chi connectivity index (χ4v) is 1.90. The van der Waals surface area contributed by atoms with Crippen LogP contribution >= 0.6 is 12.4 Å². The number of primary amides is 1. The van der Waals surface area contributed by atoms with Crippen molar-refractivity contribution in [3.05, 3.63) is 0 Å². The van der Waals surface area contributed by atoms with Crippen molar-refractivity contribution in [3.8, 4) is 0 Å². The molecule has 0 aromatic rings. The first kappa shape index (κ1) is 15.2. The minimum atomic E-state index is -0.795. The van der Waals surface area contributed by atoms with Gasteiger partial charge in [0, 0.05) is 25.6 Å². The highest BCUT2D eigenvalue weighted by Gasteiger charge is 2.23. The topological polar surface area (TPSA) is 101 Å². The monoisotopic (exact) mass is 250 g/mol. The van der Waals surface area contributed by atoms with Crippen molar-refractivity contribution in [1.29, 1.82) is 0 Å². The molecule has 1 aliphatic heterocycles. The van der Waals surface area contributed by atoms with E-state index in [0.29, 0.717) is 25.6 Å². The number of rotatable bonds is 4. The maximum absolute atomic E-state index is 11.1. The Labute approximate surface area is 101 Å². The lowest BCUT2D eigenvalue weighted by Crippen LogP contribution is -2.40. The third-order valence-electron chi connectivity index (χ3n) is 2.66. The normalized spacial score (nSPS) is 20.2. The highest BCUT2D eigenvalue weighted by atomic mass is 35.5. The van der Waals surface area contributed by atoms with E-state index in [1.807, 2.05) is 5.32 Å². The summed E-state index contributed by atoms with van der Waals surface area (Å²) >= 11 is 0. The van der Waals surface area contributed by atoms with E-state index in [0.717, 1.165) is 19.4 Å². The van der Waals surface area contributed by atoms with Crippen molar-refractivity contribution in [2.45, 2.75) is 25.3 Å². The van der Waals surface area contributed by atoms with Gasteiger partial charge in [-0.05, 0) is 19.4 Å². The Morgan fingerprint density at radius 2 is 2.12 bits per heavy atom. The molecule has 16 heavy (non-hydrogen) atoms. The Balaban J connectivity index is 0.00000225. The van der Waals surface area contributed by atoms with E-state index >= 15 is 0 Å². The van der Waals surface area contributed by atoms with Crippen LogP contribution in [-0.2, 0) is 4.79 Å². The molecule has 1 saturated heterocycles. The molecule has 1 heterocycles. The van der Waals surface area contributed by atoms with E-state index in [4.69, 9.17) is 11.5 Å². The van der Waals surface area contributed by atoms with Crippen molar-refractivity contribution >= 4 is 24.3 Å². The van der Waals surface area contributed by atoms with E-state index in [1.54, 1.807) is 0 Å². The molecule has 7 heteroatoms. The molecule has 1 unspecified atom stereocenters. The number of nitrogens with one attached hydrogen (secondary N) is 1. The number of halogens is 1. The summed E-state index contributed by atoms with van der Waals surface area (Å²) in [6.07, 6.45) is 2.51. The summed E-state index contributed by atoms with van der Waals surface area (Å²) in [5.74, 6) is -0.329. The van der Waals surface area contributed by atoms with Crippen LogP contribution in [0.4, 0.5) is 4.79 Å². The molecule has 3 amide bonds. The first-order valence-electron chi connectivity index (χ1n) is 5.17. The summed E-state index contributed by atoms with van der Waals surface area (Å²) in [5, 5.41) is 2.04. The van der Waals surface area contributed by atoms with Gasteiger partial charge in [-0.15, -0.1) is 12.4 Å². The number of likely N-dealkylation sites (tertiary alicyclic amines) is 1. The zero-order valence-electron chi connectivity index (χ0n) is 9.15. The number of imide groups is 1. The van der Waals surface area contributed by atoms with Crippen LogP contribution in [0.15, 0.2) is 0 Å². The Hall–Kier alpha value is -0.850. The fraction of sp³-hybridized carbons (Fsp3) is 0.778. The lowest BCUT2D eigenvalue weighted by atomic mass is 10.2. The molecule has 0 saturated carbocycles. The van der Waals surface area contributed by atoms with Gasteiger partial charge >= 0.3 is 6.03 Å². The number of nitrogens with zero attached hydrogens (tertiary/aromatic N) is 1. The van der Waals surface area contributed by atoms with Gasteiger partial charge in [-0.25, -0.2) is 4.79 Å². The molecule has 94 valence electrons. The zero-order chi connectivity index (χ0) is 11.3. The third-order valence-corrected chi connectivity index (χ3v) is 2.66. The zero-order valence-corrected chi connectivity index (χ0v) is 9.96. The van der Waals surface area contributed by atoms with Crippen molar-refractivity contribution < 1.29 is 9.59 Å². The third kappa shape index (κ3) is 4.78. The molecule has 0 aromatic carbocycles. The molecule has 6 nitrogen and oxygen atoms in total. The quantitative estimate of drug-likeness (QED) is 0.621. The predicted molar refractivity (Wildman–Crippen MR) is 63.2 cm³/mol. The van der Waals surface area contributed by atoms with Crippen LogP contribution in [-0.4, -0.2) is 42.5 Å². The molecule has 5 N–H and O–H groups in total. The summed E-state index contributed by atoms with van der Waals surface area (Å²) in [7, 11) is 0. The average Bonchev–Trinajstić information content (AvgIpc) is 2.60. The van der Waals surface area contributed by atoms with Crippen LogP contribution in [0.2, 0.25) is 0 Å². The second kappa shape index (κ2) is 7.43. The molecule has 0 radical (unpaired) electrons. The van der Waals surface area contributed by atoms with Gasteiger partial charge in [-0.2, -0.15) is 0 Å². The van der Waals surface area contributed by atoms with E-state index < -0.39 is 6.03 Å². The summed E-state index contributed by atoms with van der Waals surface area (Å²) < 4.78 is 0. The van der Waals surface area contributed by atoms with Crippen LogP contribution in [0.1, 0.15) is 19.3 Å². The summed E-state index contributed by atoms with van der Waals surface area (Å²) in [6, 6.07) is -0.414. The maximum Gasteiger partial charge on any atom is 0.318 e. The lowest BCUT2D eigenvalue weighted by molar-refractivity contribution is -0.120. The van der Waals surface area contributed by atoms with Gasteiger partial charge in [0.25, 0.3) is 0 Å². The summed E-state index contributed by atoms with van der Waals surface area (Å²) in [6.45, 7) is 2.24. The second-order valence-electron chi connectivity index (χ2n) is 3.73. The molecule has 0 spiro atoms. The Bertz CT molecular complexity index is 250. The molecular formula is C9H19ClN4O2. The van der Waals surface area contributed by atoms with E-state index in [9.17, 15) is 9.59 Å². The van der Waals surface area contributed by atoms with Crippen LogP contribution in [0.3, 0.4) is 0 Å². The van der Waals surface area contributed by atoms with Crippen molar-refractivity contribution in [1.82, 2.24) is 10.2 Å². The molecule has 0 aliphatic carbocycles. The molecule has 1 aliphatic rings. The molecular weight excluding hydrogens is 232 g/mol. The van der Waals surface area contributed by atoms with Gasteiger partial charge in [-0.1, -0.05) is 0 Å². The first-order chi connectivity index (χ1) is 7.13. The number of urea groups is 1.